The fourth-order valence-corrected chi connectivity index (χ4v) is 2.54. The van der Waals surface area contributed by atoms with Crippen molar-refractivity contribution in [2.24, 2.45) is 5.92 Å². The number of hydrogen-bond donors (Lipinski definition) is 1. The van der Waals surface area contributed by atoms with E-state index in [9.17, 15) is 0 Å². The second-order valence-electron chi connectivity index (χ2n) is 4.66. The van der Waals surface area contributed by atoms with Crippen LogP contribution in [0.3, 0.4) is 0 Å². The van der Waals surface area contributed by atoms with Crippen LogP contribution in [-0.4, -0.2) is 6.04 Å². The fraction of sp³-hybridized carbons (Fsp3) is 0.538. The van der Waals surface area contributed by atoms with Crippen LogP contribution in [0.2, 0.25) is 10.0 Å². The molecular weight excluding hydrogens is 241 g/mol. The smallest absolute Gasteiger partial charge is 0.0639 e. The van der Waals surface area contributed by atoms with Crippen LogP contribution >= 0.6 is 23.2 Å². The van der Waals surface area contributed by atoms with Gasteiger partial charge in [0.05, 0.1) is 10.0 Å². The molecule has 0 aromatic heterocycles. The highest BCUT2D eigenvalue weighted by Gasteiger charge is 2.29. The Labute approximate surface area is 107 Å². The third-order valence-corrected chi connectivity index (χ3v) is 4.12. The van der Waals surface area contributed by atoms with Crippen molar-refractivity contribution in [3.63, 3.8) is 0 Å². The minimum Gasteiger partial charge on any atom is -0.307 e. The van der Waals surface area contributed by atoms with E-state index in [0.29, 0.717) is 16.1 Å². The van der Waals surface area contributed by atoms with Gasteiger partial charge in [-0.25, -0.2) is 0 Å². The molecule has 1 fully saturated rings. The number of rotatable bonds is 4. The lowest BCUT2D eigenvalue weighted by atomic mass is 10.1. The Kier molecular flexibility index (Phi) is 3.78. The zero-order valence-electron chi connectivity index (χ0n) is 9.63. The molecular formula is C13H17Cl2N. The molecule has 1 N–H and O–H groups in total. The lowest BCUT2D eigenvalue weighted by Crippen LogP contribution is -2.30. The molecule has 0 radical (unpaired) electrons. The van der Waals surface area contributed by atoms with Gasteiger partial charge < -0.3 is 5.32 Å². The van der Waals surface area contributed by atoms with Crippen LogP contribution in [-0.2, 0) is 0 Å². The molecule has 2 atom stereocenters. The molecule has 0 saturated heterocycles. The van der Waals surface area contributed by atoms with Crippen LogP contribution in [0.4, 0.5) is 0 Å². The number of hydrogen-bond acceptors (Lipinski definition) is 1. The Morgan fingerprint density at radius 1 is 1.25 bits per heavy atom. The molecule has 1 aliphatic rings. The van der Waals surface area contributed by atoms with E-state index in [1.54, 1.807) is 0 Å². The lowest BCUT2D eigenvalue weighted by molar-refractivity contribution is 0.441. The van der Waals surface area contributed by atoms with E-state index < -0.39 is 0 Å². The van der Waals surface area contributed by atoms with Crippen LogP contribution in [0.1, 0.15) is 38.3 Å². The number of nitrogens with one attached hydrogen (secondary N) is 1. The van der Waals surface area contributed by atoms with Gasteiger partial charge in [0.25, 0.3) is 0 Å². The van der Waals surface area contributed by atoms with E-state index >= 15 is 0 Å². The molecule has 2 unspecified atom stereocenters. The zero-order chi connectivity index (χ0) is 11.7. The van der Waals surface area contributed by atoms with Crippen molar-refractivity contribution in [2.75, 3.05) is 0 Å². The molecule has 2 rings (SSSR count). The SMILES string of the molecule is CC(NC(C)C1CC1)c1cccc(Cl)c1Cl. The van der Waals surface area contributed by atoms with Crippen LogP contribution < -0.4 is 5.32 Å². The Bertz CT molecular complexity index is 374. The number of benzene rings is 1. The van der Waals surface area contributed by atoms with Crippen molar-refractivity contribution in [1.29, 1.82) is 0 Å². The van der Waals surface area contributed by atoms with Crippen molar-refractivity contribution < 1.29 is 0 Å². The van der Waals surface area contributed by atoms with Crippen molar-refractivity contribution >= 4 is 23.2 Å². The Hall–Kier alpha value is -0.240. The summed E-state index contributed by atoms with van der Waals surface area (Å²) in [5, 5.41) is 4.89. The quantitative estimate of drug-likeness (QED) is 0.841. The van der Waals surface area contributed by atoms with Gasteiger partial charge in [-0.15, -0.1) is 0 Å². The van der Waals surface area contributed by atoms with Crippen molar-refractivity contribution in [3.05, 3.63) is 33.8 Å². The molecule has 1 aromatic rings. The van der Waals surface area contributed by atoms with Crippen LogP contribution in [0.25, 0.3) is 0 Å². The normalized spacial score (nSPS) is 19.5. The molecule has 3 heteroatoms. The lowest BCUT2D eigenvalue weighted by Gasteiger charge is -2.21. The highest BCUT2D eigenvalue weighted by molar-refractivity contribution is 6.42. The summed E-state index contributed by atoms with van der Waals surface area (Å²) in [6, 6.07) is 6.62. The first-order valence-corrected chi connectivity index (χ1v) is 6.55. The average Bonchev–Trinajstić information content (AvgIpc) is 3.05. The predicted molar refractivity (Wildman–Crippen MR) is 70.2 cm³/mol. The van der Waals surface area contributed by atoms with Crippen molar-refractivity contribution in [2.45, 2.75) is 38.8 Å². The first-order valence-electron chi connectivity index (χ1n) is 5.79. The molecule has 1 aliphatic carbocycles. The van der Waals surface area contributed by atoms with E-state index in [1.807, 2.05) is 18.2 Å². The summed E-state index contributed by atoms with van der Waals surface area (Å²) in [5.41, 5.74) is 1.08. The van der Waals surface area contributed by atoms with Gasteiger partial charge in [-0.1, -0.05) is 35.3 Å². The van der Waals surface area contributed by atoms with Gasteiger partial charge in [-0.3, -0.25) is 0 Å². The molecule has 0 aliphatic heterocycles. The summed E-state index contributed by atoms with van der Waals surface area (Å²) in [5.74, 6) is 0.848. The van der Waals surface area contributed by atoms with Crippen LogP contribution in [0, 0.1) is 5.92 Å². The van der Waals surface area contributed by atoms with Crippen molar-refractivity contribution in [3.8, 4) is 0 Å². The summed E-state index contributed by atoms with van der Waals surface area (Å²) in [6.45, 7) is 4.38. The summed E-state index contributed by atoms with van der Waals surface area (Å²) in [7, 11) is 0. The van der Waals surface area contributed by atoms with E-state index in [0.717, 1.165) is 11.5 Å². The first kappa shape index (κ1) is 12.2. The third kappa shape index (κ3) is 2.71. The molecule has 0 heterocycles. The van der Waals surface area contributed by atoms with E-state index in [2.05, 4.69) is 19.2 Å². The minimum atomic E-state index is 0.252. The summed E-state index contributed by atoms with van der Waals surface area (Å²) >= 11 is 12.2. The summed E-state index contributed by atoms with van der Waals surface area (Å²) < 4.78 is 0. The summed E-state index contributed by atoms with van der Waals surface area (Å²) in [4.78, 5) is 0. The topological polar surface area (TPSA) is 12.0 Å². The number of halogens is 2. The van der Waals surface area contributed by atoms with Gasteiger partial charge in [0.1, 0.15) is 0 Å². The fourth-order valence-electron chi connectivity index (χ4n) is 2.07. The Morgan fingerprint density at radius 2 is 1.94 bits per heavy atom. The third-order valence-electron chi connectivity index (χ3n) is 3.29. The van der Waals surface area contributed by atoms with Gasteiger partial charge in [-0.05, 0) is 44.2 Å². The second kappa shape index (κ2) is 4.95. The molecule has 1 aromatic carbocycles. The zero-order valence-corrected chi connectivity index (χ0v) is 11.1. The van der Waals surface area contributed by atoms with Gasteiger partial charge in [0, 0.05) is 12.1 Å². The molecule has 1 nitrogen and oxygen atoms in total. The highest BCUT2D eigenvalue weighted by atomic mass is 35.5. The van der Waals surface area contributed by atoms with Crippen LogP contribution in [0.5, 0.6) is 0 Å². The molecule has 1 saturated carbocycles. The molecule has 0 bridgehead atoms. The maximum atomic E-state index is 6.19. The van der Waals surface area contributed by atoms with Gasteiger partial charge in [0.15, 0.2) is 0 Å². The molecule has 16 heavy (non-hydrogen) atoms. The van der Waals surface area contributed by atoms with E-state index in [-0.39, 0.29) is 6.04 Å². The average molecular weight is 258 g/mol. The van der Waals surface area contributed by atoms with Crippen LogP contribution in [0.15, 0.2) is 18.2 Å². The standard InChI is InChI=1S/C13H17Cl2N/c1-8(10-6-7-10)16-9(2)11-4-3-5-12(14)13(11)15/h3-5,8-10,16H,6-7H2,1-2H3. The molecule has 88 valence electrons. The Balaban J connectivity index is 2.07. The van der Waals surface area contributed by atoms with Gasteiger partial charge >= 0.3 is 0 Å². The predicted octanol–water partition coefficient (Wildman–Crippen LogP) is 4.44. The van der Waals surface area contributed by atoms with Gasteiger partial charge in [0.2, 0.25) is 0 Å². The molecule has 0 amide bonds. The molecule has 0 spiro atoms. The van der Waals surface area contributed by atoms with E-state index in [4.69, 9.17) is 23.2 Å². The second-order valence-corrected chi connectivity index (χ2v) is 5.44. The highest BCUT2D eigenvalue weighted by Crippen LogP contribution is 2.35. The monoisotopic (exact) mass is 257 g/mol. The van der Waals surface area contributed by atoms with Gasteiger partial charge in [-0.2, -0.15) is 0 Å². The minimum absolute atomic E-state index is 0.252. The Morgan fingerprint density at radius 3 is 2.56 bits per heavy atom. The maximum Gasteiger partial charge on any atom is 0.0639 e. The van der Waals surface area contributed by atoms with E-state index in [1.165, 1.54) is 12.8 Å². The summed E-state index contributed by atoms with van der Waals surface area (Å²) in [6.07, 6.45) is 2.70. The maximum absolute atomic E-state index is 6.19. The largest absolute Gasteiger partial charge is 0.307 e. The first-order chi connectivity index (χ1) is 7.59. The van der Waals surface area contributed by atoms with Crippen molar-refractivity contribution in [1.82, 2.24) is 5.32 Å².